The summed E-state index contributed by atoms with van der Waals surface area (Å²) in [5, 5.41) is 8.89. The van der Waals surface area contributed by atoms with Crippen molar-refractivity contribution >= 4 is 21.7 Å². The Morgan fingerprint density at radius 2 is 1.95 bits per heavy atom. The van der Waals surface area contributed by atoms with Crippen molar-refractivity contribution in [1.29, 1.82) is 0 Å². The number of hydrogen-bond donors (Lipinski definition) is 2. The molecule has 0 heterocycles. The summed E-state index contributed by atoms with van der Waals surface area (Å²) < 4.78 is 40.5. The molecule has 0 bridgehead atoms. The Morgan fingerprint density at radius 3 is 2.59 bits per heavy atom. The van der Waals surface area contributed by atoms with E-state index in [1.807, 2.05) is 13.0 Å². The third-order valence-corrected chi connectivity index (χ3v) is 4.45. The van der Waals surface area contributed by atoms with Crippen LogP contribution in [0.3, 0.4) is 0 Å². The van der Waals surface area contributed by atoms with E-state index >= 15 is 0 Å². The van der Waals surface area contributed by atoms with Crippen LogP contribution >= 0.6 is 0 Å². The van der Waals surface area contributed by atoms with Crippen molar-refractivity contribution in [3.63, 3.8) is 0 Å². The zero-order valence-corrected chi connectivity index (χ0v) is 12.5. The lowest BCUT2D eigenvalue weighted by molar-refractivity contribution is 0.0696. The van der Waals surface area contributed by atoms with Gasteiger partial charge in [-0.2, -0.15) is 0 Å². The summed E-state index contributed by atoms with van der Waals surface area (Å²) in [5.74, 6) is -2.34. The van der Waals surface area contributed by atoms with Crippen molar-refractivity contribution in [2.45, 2.75) is 18.2 Å². The van der Waals surface area contributed by atoms with Crippen LogP contribution in [0.4, 0.5) is 10.1 Å². The van der Waals surface area contributed by atoms with Crippen LogP contribution < -0.4 is 4.72 Å². The number of nitrogens with one attached hydrogen (secondary N) is 1. The second-order valence-electron chi connectivity index (χ2n) is 4.61. The standard InChI is InChI=1S/C15H14FNO4S/c1-2-10-4-3-5-12(8-10)17-22(20,21)14-9-11(15(18)19)6-7-13(14)16/h3-9,17H,2H2,1H3,(H,18,19). The van der Waals surface area contributed by atoms with Crippen molar-refractivity contribution in [3.05, 3.63) is 59.4 Å². The van der Waals surface area contributed by atoms with Crippen LogP contribution in [0, 0.1) is 5.82 Å². The molecule has 2 N–H and O–H groups in total. The van der Waals surface area contributed by atoms with E-state index in [4.69, 9.17) is 5.11 Å². The summed E-state index contributed by atoms with van der Waals surface area (Å²) in [6.07, 6.45) is 0.721. The quantitative estimate of drug-likeness (QED) is 0.886. The monoisotopic (exact) mass is 323 g/mol. The minimum absolute atomic E-state index is 0.291. The number of halogens is 1. The van der Waals surface area contributed by atoms with E-state index in [9.17, 15) is 17.6 Å². The van der Waals surface area contributed by atoms with Gasteiger partial charge >= 0.3 is 5.97 Å². The number of aromatic carboxylic acids is 1. The van der Waals surface area contributed by atoms with Crippen LogP contribution in [0.5, 0.6) is 0 Å². The average Bonchev–Trinajstić information content (AvgIpc) is 2.47. The molecule has 0 radical (unpaired) electrons. The number of rotatable bonds is 5. The highest BCUT2D eigenvalue weighted by molar-refractivity contribution is 7.92. The van der Waals surface area contributed by atoms with E-state index in [1.165, 1.54) is 6.07 Å². The number of anilines is 1. The van der Waals surface area contributed by atoms with E-state index in [-0.39, 0.29) is 5.56 Å². The van der Waals surface area contributed by atoms with Crippen molar-refractivity contribution in [1.82, 2.24) is 0 Å². The Balaban J connectivity index is 2.42. The fourth-order valence-corrected chi connectivity index (χ4v) is 3.06. The molecule has 116 valence electrons. The van der Waals surface area contributed by atoms with Crippen molar-refractivity contribution in [2.24, 2.45) is 0 Å². The second-order valence-corrected chi connectivity index (χ2v) is 6.26. The maximum atomic E-state index is 13.8. The van der Waals surface area contributed by atoms with E-state index in [1.54, 1.807) is 12.1 Å². The predicted molar refractivity (Wildman–Crippen MR) is 80.0 cm³/mol. The lowest BCUT2D eigenvalue weighted by Gasteiger charge is -2.10. The normalized spacial score (nSPS) is 11.2. The van der Waals surface area contributed by atoms with Gasteiger partial charge in [0.2, 0.25) is 0 Å². The molecule has 7 heteroatoms. The average molecular weight is 323 g/mol. The maximum absolute atomic E-state index is 13.8. The molecule has 0 aromatic heterocycles. The molecule has 2 rings (SSSR count). The second kappa shape index (κ2) is 6.15. The van der Waals surface area contributed by atoms with Gasteiger partial charge in [-0.05, 0) is 42.3 Å². The fraction of sp³-hybridized carbons (Fsp3) is 0.133. The zero-order valence-electron chi connectivity index (χ0n) is 11.7. The molecule has 0 aliphatic heterocycles. The van der Waals surface area contributed by atoms with Crippen LogP contribution in [-0.4, -0.2) is 19.5 Å². The first-order valence-corrected chi connectivity index (χ1v) is 7.96. The summed E-state index contributed by atoms with van der Waals surface area (Å²) in [5.41, 5.74) is 0.906. The van der Waals surface area contributed by atoms with Gasteiger partial charge in [0.15, 0.2) is 0 Å². The number of aryl methyl sites for hydroxylation is 1. The van der Waals surface area contributed by atoms with Crippen LogP contribution in [0.15, 0.2) is 47.4 Å². The molecule has 0 unspecified atom stereocenters. The van der Waals surface area contributed by atoms with Gasteiger partial charge < -0.3 is 5.11 Å². The number of benzene rings is 2. The van der Waals surface area contributed by atoms with Crippen LogP contribution in [-0.2, 0) is 16.4 Å². The molecular formula is C15H14FNO4S. The van der Waals surface area contributed by atoms with Crippen LogP contribution in [0.1, 0.15) is 22.8 Å². The molecule has 0 amide bonds. The van der Waals surface area contributed by atoms with Gasteiger partial charge in [-0.25, -0.2) is 17.6 Å². The number of carboxylic acids is 1. The van der Waals surface area contributed by atoms with E-state index in [2.05, 4.69) is 4.72 Å². The van der Waals surface area contributed by atoms with Gasteiger partial charge in [0, 0.05) is 5.69 Å². The fourth-order valence-electron chi connectivity index (χ4n) is 1.91. The molecule has 2 aromatic carbocycles. The molecule has 0 saturated carbocycles. The Morgan fingerprint density at radius 1 is 1.23 bits per heavy atom. The van der Waals surface area contributed by atoms with Gasteiger partial charge in [-0.15, -0.1) is 0 Å². The third kappa shape index (κ3) is 3.43. The first kappa shape index (κ1) is 16.0. The number of hydrogen-bond acceptors (Lipinski definition) is 3. The van der Waals surface area contributed by atoms with Crippen molar-refractivity contribution < 1.29 is 22.7 Å². The molecule has 0 spiro atoms. The molecule has 0 atom stereocenters. The first-order valence-electron chi connectivity index (χ1n) is 6.48. The first-order chi connectivity index (χ1) is 10.3. The number of carboxylic acid groups (broad SMARTS) is 1. The summed E-state index contributed by atoms with van der Waals surface area (Å²) in [6.45, 7) is 1.92. The summed E-state index contributed by atoms with van der Waals surface area (Å²) in [4.78, 5) is 10.2. The van der Waals surface area contributed by atoms with Gasteiger partial charge in [0.05, 0.1) is 5.56 Å². The molecule has 5 nitrogen and oxygen atoms in total. The predicted octanol–water partition coefficient (Wildman–Crippen LogP) is 2.89. The smallest absolute Gasteiger partial charge is 0.335 e. The Hall–Kier alpha value is -2.41. The SMILES string of the molecule is CCc1cccc(NS(=O)(=O)c2cc(C(=O)O)ccc2F)c1. The molecule has 0 aliphatic rings. The minimum Gasteiger partial charge on any atom is -0.478 e. The largest absolute Gasteiger partial charge is 0.478 e. The van der Waals surface area contributed by atoms with Crippen molar-refractivity contribution in [3.8, 4) is 0 Å². The highest BCUT2D eigenvalue weighted by Crippen LogP contribution is 2.21. The van der Waals surface area contributed by atoms with E-state index < -0.39 is 26.7 Å². The molecule has 0 fully saturated rings. The number of sulfonamides is 1. The van der Waals surface area contributed by atoms with Crippen LogP contribution in [0.25, 0.3) is 0 Å². The molecule has 0 saturated heterocycles. The molecular weight excluding hydrogens is 309 g/mol. The Kier molecular flexibility index (Phi) is 4.46. The Labute approximate surface area is 127 Å². The summed E-state index contributed by atoms with van der Waals surface area (Å²) in [6, 6.07) is 9.31. The zero-order chi connectivity index (χ0) is 16.3. The van der Waals surface area contributed by atoms with Crippen molar-refractivity contribution in [2.75, 3.05) is 4.72 Å². The highest BCUT2D eigenvalue weighted by atomic mass is 32.2. The molecule has 0 aliphatic carbocycles. The minimum atomic E-state index is -4.21. The van der Waals surface area contributed by atoms with E-state index in [0.717, 1.165) is 30.2 Å². The number of carbonyl (C=O) groups is 1. The van der Waals surface area contributed by atoms with Gasteiger partial charge in [0.25, 0.3) is 10.0 Å². The van der Waals surface area contributed by atoms with Gasteiger partial charge in [-0.1, -0.05) is 19.1 Å². The van der Waals surface area contributed by atoms with Gasteiger partial charge in [0.1, 0.15) is 10.7 Å². The lowest BCUT2D eigenvalue weighted by Crippen LogP contribution is -2.15. The van der Waals surface area contributed by atoms with Gasteiger partial charge in [-0.3, -0.25) is 4.72 Å². The van der Waals surface area contributed by atoms with E-state index in [0.29, 0.717) is 5.69 Å². The van der Waals surface area contributed by atoms with Crippen LogP contribution in [0.2, 0.25) is 0 Å². The molecule has 22 heavy (non-hydrogen) atoms. The summed E-state index contributed by atoms with van der Waals surface area (Å²) >= 11 is 0. The maximum Gasteiger partial charge on any atom is 0.335 e. The lowest BCUT2D eigenvalue weighted by atomic mass is 10.1. The third-order valence-electron chi connectivity index (χ3n) is 3.06. The Bertz CT molecular complexity index is 818. The molecule has 2 aromatic rings. The topological polar surface area (TPSA) is 83.5 Å². The summed E-state index contributed by atoms with van der Waals surface area (Å²) in [7, 11) is -4.21. The highest BCUT2D eigenvalue weighted by Gasteiger charge is 2.21.